The van der Waals surface area contributed by atoms with Crippen LogP contribution in [0.1, 0.15) is 29.8 Å². The maximum Gasteiger partial charge on any atom is 0.321 e. The Balaban J connectivity index is 2.88. The van der Waals surface area contributed by atoms with Gasteiger partial charge in [0.1, 0.15) is 5.88 Å². The second-order valence-electron chi connectivity index (χ2n) is 4.31. The van der Waals surface area contributed by atoms with Crippen LogP contribution >= 0.6 is 11.6 Å². The van der Waals surface area contributed by atoms with Gasteiger partial charge in [-0.3, -0.25) is 9.59 Å². The van der Waals surface area contributed by atoms with E-state index in [0.29, 0.717) is 5.56 Å². The molecule has 1 aromatic carbocycles. The Morgan fingerprint density at radius 3 is 2.24 bits per heavy atom. The average molecular weight is 255 g/mol. The Bertz CT molecular complexity index is 421. The number of carbonyl (C=O) groups is 2. The number of ketones is 1. The van der Waals surface area contributed by atoms with Crippen LogP contribution in [-0.2, 0) is 9.53 Å². The summed E-state index contributed by atoms with van der Waals surface area (Å²) in [7, 11) is 0. The van der Waals surface area contributed by atoms with Crippen LogP contribution in [-0.4, -0.2) is 23.2 Å². The Morgan fingerprint density at radius 1 is 1.24 bits per heavy atom. The zero-order chi connectivity index (χ0) is 13.1. The number of benzene rings is 1. The summed E-state index contributed by atoms with van der Waals surface area (Å²) in [5, 5.41) is 0. The van der Waals surface area contributed by atoms with Crippen LogP contribution in [0.4, 0.5) is 0 Å². The van der Waals surface area contributed by atoms with Crippen LogP contribution in [0.15, 0.2) is 24.3 Å². The van der Waals surface area contributed by atoms with E-state index >= 15 is 0 Å². The topological polar surface area (TPSA) is 43.4 Å². The molecule has 0 radical (unpaired) electrons. The number of halogens is 1. The summed E-state index contributed by atoms with van der Waals surface area (Å²) >= 11 is 5.34. The zero-order valence-corrected chi connectivity index (χ0v) is 10.9. The number of Topliss-reactive ketones (excluding diaryl/α,β-unsaturated/α-hetero) is 1. The van der Waals surface area contributed by atoms with Crippen molar-refractivity contribution in [3.8, 4) is 0 Å². The molecular weight excluding hydrogens is 240 g/mol. The van der Waals surface area contributed by atoms with E-state index in [1.54, 1.807) is 26.0 Å². The number of carbonyl (C=O) groups excluding carboxylic acids is 2. The van der Waals surface area contributed by atoms with Crippen LogP contribution in [0.5, 0.6) is 0 Å². The third-order valence-corrected chi connectivity index (χ3v) is 2.56. The molecule has 92 valence electrons. The van der Waals surface area contributed by atoms with Gasteiger partial charge in [-0.15, -0.1) is 11.6 Å². The summed E-state index contributed by atoms with van der Waals surface area (Å²) in [5.74, 6) is -1.10. The van der Waals surface area contributed by atoms with Crippen molar-refractivity contribution in [1.29, 1.82) is 0 Å². The molecular formula is C13H15ClO3. The van der Waals surface area contributed by atoms with Crippen LogP contribution in [0, 0.1) is 6.92 Å². The lowest BCUT2D eigenvalue weighted by Crippen LogP contribution is -2.37. The van der Waals surface area contributed by atoms with Gasteiger partial charge < -0.3 is 4.74 Å². The van der Waals surface area contributed by atoms with Crippen LogP contribution < -0.4 is 0 Å². The molecule has 0 amide bonds. The first-order valence-electron chi connectivity index (χ1n) is 5.26. The highest BCUT2D eigenvalue weighted by Gasteiger charge is 2.32. The summed E-state index contributed by atoms with van der Waals surface area (Å²) in [4.78, 5) is 23.2. The Kier molecular flexibility index (Phi) is 4.29. The molecule has 0 aliphatic carbocycles. The summed E-state index contributed by atoms with van der Waals surface area (Å²) in [6.07, 6.45) is 0. The molecule has 0 N–H and O–H groups in total. The molecule has 0 unspecified atom stereocenters. The second-order valence-corrected chi connectivity index (χ2v) is 4.58. The SMILES string of the molecule is Cc1ccc(C(=O)C(C)(C)OC(=O)CCl)cc1. The summed E-state index contributed by atoms with van der Waals surface area (Å²) in [6, 6.07) is 7.11. The fourth-order valence-electron chi connectivity index (χ4n) is 1.41. The maximum atomic E-state index is 12.1. The molecule has 0 saturated carbocycles. The smallest absolute Gasteiger partial charge is 0.321 e. The van der Waals surface area contributed by atoms with Gasteiger partial charge >= 0.3 is 5.97 Å². The molecule has 0 aliphatic heterocycles. The van der Waals surface area contributed by atoms with Crippen molar-refractivity contribution < 1.29 is 14.3 Å². The lowest BCUT2D eigenvalue weighted by atomic mass is 9.96. The highest BCUT2D eigenvalue weighted by atomic mass is 35.5. The molecule has 4 heteroatoms. The predicted octanol–water partition coefficient (Wildman–Crippen LogP) is 2.74. The molecule has 0 bridgehead atoms. The fourth-order valence-corrected chi connectivity index (χ4v) is 1.47. The molecule has 0 aromatic heterocycles. The van der Waals surface area contributed by atoms with E-state index in [-0.39, 0.29) is 11.7 Å². The van der Waals surface area contributed by atoms with E-state index in [2.05, 4.69) is 0 Å². The largest absolute Gasteiger partial charge is 0.450 e. The maximum absolute atomic E-state index is 12.1. The molecule has 0 fully saturated rings. The first-order valence-corrected chi connectivity index (χ1v) is 5.79. The van der Waals surface area contributed by atoms with Crippen molar-refractivity contribution in [2.75, 3.05) is 5.88 Å². The van der Waals surface area contributed by atoms with Crippen molar-refractivity contribution >= 4 is 23.4 Å². The van der Waals surface area contributed by atoms with Crippen molar-refractivity contribution in [3.63, 3.8) is 0 Å². The molecule has 0 saturated heterocycles. The second kappa shape index (κ2) is 5.32. The Hall–Kier alpha value is -1.35. The summed E-state index contributed by atoms with van der Waals surface area (Å²) < 4.78 is 5.01. The van der Waals surface area contributed by atoms with E-state index in [4.69, 9.17) is 16.3 Å². The quantitative estimate of drug-likeness (QED) is 0.471. The number of hydrogen-bond acceptors (Lipinski definition) is 3. The minimum absolute atomic E-state index is 0.240. The Morgan fingerprint density at radius 2 is 1.76 bits per heavy atom. The molecule has 0 spiro atoms. The van der Waals surface area contributed by atoms with Crippen LogP contribution in [0.3, 0.4) is 0 Å². The van der Waals surface area contributed by atoms with E-state index < -0.39 is 11.6 Å². The van der Waals surface area contributed by atoms with Crippen molar-refractivity contribution in [1.82, 2.24) is 0 Å². The zero-order valence-electron chi connectivity index (χ0n) is 10.1. The highest BCUT2D eigenvalue weighted by Crippen LogP contribution is 2.18. The van der Waals surface area contributed by atoms with Crippen molar-refractivity contribution in [2.24, 2.45) is 0 Å². The van der Waals surface area contributed by atoms with Gasteiger partial charge in [0.25, 0.3) is 0 Å². The number of hydrogen-bond donors (Lipinski definition) is 0. The lowest BCUT2D eigenvalue weighted by molar-refractivity contribution is -0.149. The van der Waals surface area contributed by atoms with E-state index in [1.165, 1.54) is 0 Å². The van der Waals surface area contributed by atoms with Crippen LogP contribution in [0.2, 0.25) is 0 Å². The molecule has 3 nitrogen and oxygen atoms in total. The minimum atomic E-state index is -1.19. The first-order chi connectivity index (χ1) is 7.86. The summed E-state index contributed by atoms with van der Waals surface area (Å²) in [6.45, 7) is 5.05. The first kappa shape index (κ1) is 13.7. The molecule has 1 rings (SSSR count). The average Bonchev–Trinajstić information content (AvgIpc) is 2.28. The van der Waals surface area contributed by atoms with Gasteiger partial charge in [-0.05, 0) is 20.8 Å². The predicted molar refractivity (Wildman–Crippen MR) is 66.4 cm³/mol. The van der Waals surface area contributed by atoms with Crippen molar-refractivity contribution in [3.05, 3.63) is 35.4 Å². The molecule has 0 aliphatic rings. The van der Waals surface area contributed by atoms with Gasteiger partial charge in [0.2, 0.25) is 5.78 Å². The molecule has 17 heavy (non-hydrogen) atoms. The third kappa shape index (κ3) is 3.56. The standard InChI is InChI=1S/C13H15ClO3/c1-9-4-6-10(7-5-9)12(16)13(2,3)17-11(15)8-14/h4-7H,8H2,1-3H3. The van der Waals surface area contributed by atoms with Gasteiger partial charge in [-0.2, -0.15) is 0 Å². The van der Waals surface area contributed by atoms with E-state index in [1.807, 2.05) is 19.1 Å². The van der Waals surface area contributed by atoms with Gasteiger partial charge in [0.15, 0.2) is 5.60 Å². The normalized spacial score (nSPS) is 11.1. The molecule has 0 atom stereocenters. The van der Waals surface area contributed by atoms with E-state index in [0.717, 1.165) is 5.56 Å². The van der Waals surface area contributed by atoms with Gasteiger partial charge in [0, 0.05) is 5.56 Å². The number of alkyl halides is 1. The minimum Gasteiger partial charge on any atom is -0.450 e. The molecule has 0 heterocycles. The fraction of sp³-hybridized carbons (Fsp3) is 0.385. The number of ether oxygens (including phenoxy) is 1. The number of aryl methyl sites for hydroxylation is 1. The number of esters is 1. The van der Waals surface area contributed by atoms with E-state index in [9.17, 15) is 9.59 Å². The van der Waals surface area contributed by atoms with Gasteiger partial charge in [-0.25, -0.2) is 0 Å². The molecule has 1 aromatic rings. The summed E-state index contributed by atoms with van der Waals surface area (Å²) in [5.41, 5.74) is 0.390. The van der Waals surface area contributed by atoms with Crippen molar-refractivity contribution in [2.45, 2.75) is 26.4 Å². The Labute approximate surface area is 106 Å². The monoisotopic (exact) mass is 254 g/mol. The lowest BCUT2D eigenvalue weighted by Gasteiger charge is -2.23. The third-order valence-electron chi connectivity index (χ3n) is 2.34. The number of rotatable bonds is 4. The highest BCUT2D eigenvalue weighted by molar-refractivity contribution is 6.26. The van der Waals surface area contributed by atoms with Crippen LogP contribution in [0.25, 0.3) is 0 Å². The van der Waals surface area contributed by atoms with Gasteiger partial charge in [-0.1, -0.05) is 29.8 Å². The van der Waals surface area contributed by atoms with Gasteiger partial charge in [0.05, 0.1) is 0 Å².